The number of fused-ring (bicyclic) bond motifs is 1. The third-order valence-corrected chi connectivity index (χ3v) is 5.87. The maximum Gasteiger partial charge on any atom is 0.270 e. The van der Waals surface area contributed by atoms with Crippen LogP contribution in [0.15, 0.2) is 72.8 Å². The van der Waals surface area contributed by atoms with E-state index in [4.69, 9.17) is 9.47 Å². The van der Waals surface area contributed by atoms with Crippen molar-refractivity contribution in [1.29, 1.82) is 0 Å². The lowest BCUT2D eigenvalue weighted by molar-refractivity contribution is -0.384. The molecule has 2 aliphatic heterocycles. The van der Waals surface area contributed by atoms with Gasteiger partial charge in [0.1, 0.15) is 6.04 Å². The molecule has 3 aromatic carbocycles. The number of hydrogen-bond acceptors (Lipinski definition) is 7. The molecule has 3 amide bonds. The van der Waals surface area contributed by atoms with Gasteiger partial charge in [0.05, 0.1) is 17.0 Å². The number of amides is 3. The van der Waals surface area contributed by atoms with Gasteiger partial charge in [0.15, 0.2) is 11.5 Å². The van der Waals surface area contributed by atoms with Gasteiger partial charge in [-0.3, -0.25) is 24.5 Å². The van der Waals surface area contributed by atoms with E-state index in [9.17, 15) is 24.5 Å². The lowest BCUT2D eigenvalue weighted by atomic mass is 10.1. The minimum absolute atomic E-state index is 0.0233. The van der Waals surface area contributed by atoms with Crippen molar-refractivity contribution in [1.82, 2.24) is 4.90 Å². The molecular weight excluding hydrogens is 454 g/mol. The molecule has 0 radical (unpaired) electrons. The quantitative estimate of drug-likeness (QED) is 0.306. The zero-order valence-electron chi connectivity index (χ0n) is 18.3. The van der Waals surface area contributed by atoms with Gasteiger partial charge < -0.3 is 14.4 Å². The molecule has 176 valence electrons. The highest BCUT2D eigenvalue weighted by molar-refractivity contribution is 6.23. The van der Waals surface area contributed by atoms with Gasteiger partial charge in [-0.2, -0.15) is 0 Å². The zero-order valence-corrected chi connectivity index (χ0v) is 18.3. The number of nitrogens with zero attached hydrogens (tertiary/aromatic N) is 3. The number of rotatable bonds is 6. The molecular formula is C25H19N3O7. The van der Waals surface area contributed by atoms with Crippen LogP contribution in [0.2, 0.25) is 0 Å². The first-order valence-electron chi connectivity index (χ1n) is 10.8. The summed E-state index contributed by atoms with van der Waals surface area (Å²) in [5.41, 5.74) is 0.847. The van der Waals surface area contributed by atoms with Gasteiger partial charge in [0.25, 0.3) is 17.5 Å². The molecule has 1 fully saturated rings. The Hall–Kier alpha value is -4.73. The van der Waals surface area contributed by atoms with E-state index in [0.717, 1.165) is 11.0 Å². The van der Waals surface area contributed by atoms with Gasteiger partial charge in [-0.25, -0.2) is 4.90 Å². The Morgan fingerprint density at radius 2 is 1.77 bits per heavy atom. The summed E-state index contributed by atoms with van der Waals surface area (Å²) in [6.45, 7) is 0.0568. The molecule has 0 saturated carbocycles. The van der Waals surface area contributed by atoms with E-state index in [1.165, 1.54) is 23.1 Å². The van der Waals surface area contributed by atoms with Crippen molar-refractivity contribution < 1.29 is 28.8 Å². The molecule has 2 aliphatic rings. The Kier molecular flexibility index (Phi) is 5.61. The molecule has 10 heteroatoms. The lowest BCUT2D eigenvalue weighted by Crippen LogP contribution is -2.45. The van der Waals surface area contributed by atoms with E-state index in [0.29, 0.717) is 22.7 Å². The molecule has 2 heterocycles. The third kappa shape index (κ3) is 4.17. The van der Waals surface area contributed by atoms with Crippen LogP contribution in [0.1, 0.15) is 22.3 Å². The van der Waals surface area contributed by atoms with Crippen LogP contribution in [0.3, 0.4) is 0 Å². The van der Waals surface area contributed by atoms with Crippen molar-refractivity contribution in [2.24, 2.45) is 0 Å². The highest BCUT2D eigenvalue weighted by Gasteiger charge is 2.44. The molecule has 3 aromatic rings. The van der Waals surface area contributed by atoms with Gasteiger partial charge in [0.2, 0.25) is 12.7 Å². The van der Waals surface area contributed by atoms with Gasteiger partial charge in [-0.15, -0.1) is 0 Å². The van der Waals surface area contributed by atoms with E-state index in [-0.39, 0.29) is 31.0 Å². The summed E-state index contributed by atoms with van der Waals surface area (Å²) < 4.78 is 10.7. The number of carbonyl (C=O) groups is 3. The fourth-order valence-corrected chi connectivity index (χ4v) is 4.19. The SMILES string of the molecule is O=C1CC(N(Cc2ccc3c(c2)OCO3)C(=O)c2cccc([N+](=O)[O-])c2)C(=O)N1c1ccccc1. The normalized spacial score (nSPS) is 16.5. The molecule has 5 rings (SSSR count). The van der Waals surface area contributed by atoms with E-state index < -0.39 is 28.7 Å². The fraction of sp³-hybridized carbons (Fsp3) is 0.160. The van der Waals surface area contributed by atoms with Crippen molar-refractivity contribution in [3.05, 3.63) is 94.0 Å². The molecule has 35 heavy (non-hydrogen) atoms. The Bertz CT molecular complexity index is 1340. The molecule has 10 nitrogen and oxygen atoms in total. The first-order chi connectivity index (χ1) is 16.9. The van der Waals surface area contributed by atoms with E-state index >= 15 is 0 Å². The van der Waals surface area contributed by atoms with Crippen LogP contribution in [0.5, 0.6) is 11.5 Å². The Labute approximate surface area is 199 Å². The number of nitro benzene ring substituents is 1. The number of benzene rings is 3. The lowest BCUT2D eigenvalue weighted by Gasteiger charge is -2.28. The monoisotopic (exact) mass is 473 g/mol. The van der Waals surface area contributed by atoms with Crippen molar-refractivity contribution in [3.63, 3.8) is 0 Å². The summed E-state index contributed by atoms with van der Waals surface area (Å²) in [6.07, 6.45) is -0.209. The first-order valence-corrected chi connectivity index (χ1v) is 10.8. The zero-order chi connectivity index (χ0) is 24.5. The molecule has 0 bridgehead atoms. The van der Waals surface area contributed by atoms with Crippen molar-refractivity contribution in [2.75, 3.05) is 11.7 Å². The number of ether oxygens (including phenoxy) is 2. The molecule has 1 atom stereocenters. The standard InChI is InChI=1S/C25H19N3O7/c29-23-13-20(25(31)27(23)18-6-2-1-3-7-18)26(14-16-9-10-21-22(11-16)35-15-34-21)24(30)17-5-4-8-19(12-17)28(32)33/h1-12,20H,13-15H2. The Balaban J connectivity index is 1.51. The second-order valence-electron chi connectivity index (χ2n) is 8.05. The predicted octanol–water partition coefficient (Wildman–Crippen LogP) is 3.30. The molecule has 0 N–H and O–H groups in total. The van der Waals surface area contributed by atoms with Crippen LogP contribution in [-0.2, 0) is 16.1 Å². The maximum atomic E-state index is 13.6. The van der Waals surface area contributed by atoms with Crippen molar-refractivity contribution in [3.8, 4) is 11.5 Å². The summed E-state index contributed by atoms with van der Waals surface area (Å²) >= 11 is 0. The average molecular weight is 473 g/mol. The number of para-hydroxylation sites is 1. The van der Waals surface area contributed by atoms with Crippen LogP contribution in [0.25, 0.3) is 0 Å². The number of carbonyl (C=O) groups excluding carboxylic acids is 3. The molecule has 1 saturated heterocycles. The Morgan fingerprint density at radius 1 is 1.00 bits per heavy atom. The fourth-order valence-electron chi connectivity index (χ4n) is 4.19. The second-order valence-corrected chi connectivity index (χ2v) is 8.05. The minimum atomic E-state index is -1.08. The van der Waals surface area contributed by atoms with Crippen LogP contribution >= 0.6 is 0 Å². The number of nitro groups is 1. The highest BCUT2D eigenvalue weighted by Crippen LogP contribution is 2.34. The minimum Gasteiger partial charge on any atom is -0.454 e. The van der Waals surface area contributed by atoms with E-state index in [2.05, 4.69) is 0 Å². The summed E-state index contributed by atoms with van der Waals surface area (Å²) in [4.78, 5) is 52.9. The summed E-state index contributed by atoms with van der Waals surface area (Å²) in [5.74, 6) is -0.514. The van der Waals surface area contributed by atoms with Crippen molar-refractivity contribution in [2.45, 2.75) is 19.0 Å². The summed E-state index contributed by atoms with van der Waals surface area (Å²) in [5, 5.41) is 11.2. The van der Waals surface area contributed by atoms with E-state index in [1.54, 1.807) is 48.5 Å². The van der Waals surface area contributed by atoms with Gasteiger partial charge in [-0.05, 0) is 35.9 Å². The topological polar surface area (TPSA) is 119 Å². The Morgan fingerprint density at radius 3 is 2.54 bits per heavy atom. The summed E-state index contributed by atoms with van der Waals surface area (Å²) in [7, 11) is 0. The van der Waals surface area contributed by atoms with Gasteiger partial charge in [-0.1, -0.05) is 30.3 Å². The predicted molar refractivity (Wildman–Crippen MR) is 123 cm³/mol. The second kappa shape index (κ2) is 8.90. The largest absolute Gasteiger partial charge is 0.454 e. The number of non-ortho nitro benzene ring substituents is 1. The van der Waals surface area contributed by atoms with Gasteiger partial charge in [0, 0.05) is 24.2 Å². The number of imide groups is 1. The molecule has 0 spiro atoms. The number of hydrogen-bond donors (Lipinski definition) is 0. The third-order valence-electron chi connectivity index (χ3n) is 5.87. The summed E-state index contributed by atoms with van der Waals surface area (Å²) in [6, 6.07) is 17.8. The van der Waals surface area contributed by atoms with Crippen LogP contribution in [0.4, 0.5) is 11.4 Å². The average Bonchev–Trinajstić information content (AvgIpc) is 3.45. The highest BCUT2D eigenvalue weighted by atomic mass is 16.7. The molecule has 1 unspecified atom stereocenters. The maximum absolute atomic E-state index is 13.6. The van der Waals surface area contributed by atoms with Crippen molar-refractivity contribution >= 4 is 29.1 Å². The van der Waals surface area contributed by atoms with Crippen LogP contribution in [-0.4, -0.2) is 40.4 Å². The van der Waals surface area contributed by atoms with E-state index in [1.807, 2.05) is 0 Å². The molecule has 0 aromatic heterocycles. The first kappa shape index (κ1) is 22.1. The van der Waals surface area contributed by atoms with Gasteiger partial charge >= 0.3 is 0 Å². The molecule has 0 aliphatic carbocycles. The number of anilines is 1. The smallest absolute Gasteiger partial charge is 0.270 e. The van der Waals surface area contributed by atoms with Crippen LogP contribution < -0.4 is 14.4 Å². The van der Waals surface area contributed by atoms with Crippen LogP contribution in [0, 0.1) is 10.1 Å².